The number of carbonyl (C=O) groups is 3. The molecule has 2 rings (SSSR count). The number of piperidine rings is 1. The van der Waals surface area contributed by atoms with Crippen molar-refractivity contribution in [2.45, 2.75) is 39.2 Å². The second-order valence-electron chi connectivity index (χ2n) is 7.87. The van der Waals surface area contributed by atoms with Crippen LogP contribution in [-0.2, 0) is 14.3 Å². The highest BCUT2D eigenvalue weighted by molar-refractivity contribution is 9.10. The second kappa shape index (κ2) is 9.36. The van der Waals surface area contributed by atoms with Gasteiger partial charge in [0, 0.05) is 30.8 Å². The highest BCUT2D eigenvalue weighted by Crippen LogP contribution is 2.19. The van der Waals surface area contributed by atoms with Crippen molar-refractivity contribution in [2.24, 2.45) is 5.92 Å². The van der Waals surface area contributed by atoms with Crippen LogP contribution in [0.2, 0.25) is 0 Å². The number of amides is 3. The standard InChI is InChI=1S/C19H27BrN4O4/c1-19(2,3)28-18(27)23(4)12-16(25)24-9-5-6-13(11-24)17(26)22-15-8-7-14(20)10-21-15/h7-8,10,13H,5-6,9,11-12H2,1-4H3,(H,21,22,26). The van der Waals surface area contributed by atoms with Gasteiger partial charge in [-0.3, -0.25) is 9.59 Å². The van der Waals surface area contributed by atoms with Crippen LogP contribution in [0.5, 0.6) is 0 Å². The third kappa shape index (κ3) is 6.78. The zero-order valence-electron chi connectivity index (χ0n) is 16.7. The summed E-state index contributed by atoms with van der Waals surface area (Å²) in [6.45, 7) is 6.13. The molecule has 2 heterocycles. The van der Waals surface area contributed by atoms with Crippen LogP contribution < -0.4 is 5.32 Å². The van der Waals surface area contributed by atoms with E-state index in [0.29, 0.717) is 25.3 Å². The van der Waals surface area contributed by atoms with Gasteiger partial charge in [0.05, 0.1) is 5.92 Å². The Morgan fingerprint density at radius 3 is 2.68 bits per heavy atom. The number of nitrogens with one attached hydrogen (secondary N) is 1. The van der Waals surface area contributed by atoms with Gasteiger partial charge in [-0.2, -0.15) is 0 Å². The van der Waals surface area contributed by atoms with Crippen molar-refractivity contribution >= 4 is 39.7 Å². The van der Waals surface area contributed by atoms with Crippen LogP contribution in [-0.4, -0.2) is 65.0 Å². The number of hydrogen-bond acceptors (Lipinski definition) is 5. The molecule has 1 fully saturated rings. The number of halogens is 1. The maximum atomic E-state index is 12.6. The van der Waals surface area contributed by atoms with Gasteiger partial charge in [0.2, 0.25) is 11.8 Å². The summed E-state index contributed by atoms with van der Waals surface area (Å²) in [6.07, 6.45) is 2.49. The molecule has 8 nitrogen and oxygen atoms in total. The number of anilines is 1. The van der Waals surface area contributed by atoms with Gasteiger partial charge in [-0.25, -0.2) is 9.78 Å². The largest absolute Gasteiger partial charge is 0.444 e. The summed E-state index contributed by atoms with van der Waals surface area (Å²) in [6, 6.07) is 3.51. The van der Waals surface area contributed by atoms with Gasteiger partial charge >= 0.3 is 6.09 Å². The summed E-state index contributed by atoms with van der Waals surface area (Å²) in [7, 11) is 1.53. The predicted molar refractivity (Wildman–Crippen MR) is 109 cm³/mol. The summed E-state index contributed by atoms with van der Waals surface area (Å²) in [5, 5.41) is 2.79. The minimum absolute atomic E-state index is 0.0858. The molecule has 0 aromatic carbocycles. The van der Waals surface area contributed by atoms with Crippen LogP contribution in [0.25, 0.3) is 0 Å². The van der Waals surface area contributed by atoms with Gasteiger partial charge in [0.15, 0.2) is 0 Å². The van der Waals surface area contributed by atoms with E-state index in [2.05, 4.69) is 26.2 Å². The lowest BCUT2D eigenvalue weighted by molar-refractivity contribution is -0.135. The number of hydrogen-bond donors (Lipinski definition) is 1. The molecule has 1 aromatic heterocycles. The van der Waals surface area contributed by atoms with Crippen LogP contribution in [0.1, 0.15) is 33.6 Å². The Kier molecular flexibility index (Phi) is 7.40. The zero-order chi connectivity index (χ0) is 20.9. The van der Waals surface area contributed by atoms with Crippen LogP contribution in [0, 0.1) is 5.92 Å². The molecule has 0 aliphatic carbocycles. The topological polar surface area (TPSA) is 91.8 Å². The summed E-state index contributed by atoms with van der Waals surface area (Å²) in [5.74, 6) is -0.197. The van der Waals surface area contributed by atoms with Crippen LogP contribution in [0.15, 0.2) is 22.8 Å². The number of nitrogens with zero attached hydrogens (tertiary/aromatic N) is 3. The molecule has 9 heteroatoms. The first-order valence-corrected chi connectivity index (χ1v) is 9.99. The van der Waals surface area contributed by atoms with Gasteiger partial charge in [0.25, 0.3) is 0 Å². The third-order valence-electron chi connectivity index (χ3n) is 4.20. The number of likely N-dealkylation sites (tertiary alicyclic amines) is 1. The van der Waals surface area contributed by atoms with Gasteiger partial charge < -0.3 is 19.9 Å². The fourth-order valence-corrected chi connectivity index (χ4v) is 3.04. The lowest BCUT2D eigenvalue weighted by Gasteiger charge is -2.33. The number of aromatic nitrogens is 1. The molecule has 0 radical (unpaired) electrons. The molecular weight excluding hydrogens is 428 g/mol. The molecule has 3 amide bonds. The fourth-order valence-electron chi connectivity index (χ4n) is 2.80. The fraction of sp³-hybridized carbons (Fsp3) is 0.579. The molecular formula is C19H27BrN4O4. The van der Waals surface area contributed by atoms with E-state index < -0.39 is 11.7 Å². The number of carbonyl (C=O) groups excluding carboxylic acids is 3. The maximum absolute atomic E-state index is 12.6. The predicted octanol–water partition coefficient (Wildman–Crippen LogP) is 2.89. The SMILES string of the molecule is CN(CC(=O)N1CCCC(C(=O)Nc2ccc(Br)cn2)C1)C(=O)OC(C)(C)C. The summed E-state index contributed by atoms with van der Waals surface area (Å²) >= 11 is 3.30. The first-order valence-electron chi connectivity index (χ1n) is 9.19. The Morgan fingerprint density at radius 2 is 2.07 bits per heavy atom. The molecule has 154 valence electrons. The number of likely N-dealkylation sites (N-methyl/N-ethyl adjacent to an activating group) is 1. The average Bonchev–Trinajstić information content (AvgIpc) is 2.62. The van der Waals surface area contributed by atoms with Gasteiger partial charge in [0.1, 0.15) is 18.0 Å². The molecule has 0 saturated carbocycles. The summed E-state index contributed by atoms with van der Waals surface area (Å²) < 4.78 is 6.09. The average molecular weight is 455 g/mol. The van der Waals surface area contributed by atoms with Crippen LogP contribution in [0.4, 0.5) is 10.6 Å². The third-order valence-corrected chi connectivity index (χ3v) is 4.67. The highest BCUT2D eigenvalue weighted by atomic mass is 79.9. The molecule has 1 aliphatic heterocycles. The van der Waals surface area contributed by atoms with E-state index in [4.69, 9.17) is 4.74 Å². The highest BCUT2D eigenvalue weighted by Gasteiger charge is 2.30. The number of ether oxygens (including phenoxy) is 1. The van der Waals surface area contributed by atoms with E-state index in [1.165, 1.54) is 11.9 Å². The molecule has 1 aliphatic rings. The van der Waals surface area contributed by atoms with Crippen molar-refractivity contribution in [3.05, 3.63) is 22.8 Å². The Morgan fingerprint density at radius 1 is 1.36 bits per heavy atom. The first-order chi connectivity index (χ1) is 13.0. The minimum atomic E-state index is -0.621. The van der Waals surface area contributed by atoms with E-state index in [-0.39, 0.29) is 24.3 Å². The monoisotopic (exact) mass is 454 g/mol. The number of rotatable bonds is 4. The van der Waals surface area contributed by atoms with E-state index in [1.54, 1.807) is 44.0 Å². The van der Waals surface area contributed by atoms with E-state index in [9.17, 15) is 14.4 Å². The first kappa shape index (κ1) is 22.1. The lowest BCUT2D eigenvalue weighted by Crippen LogP contribution is -2.48. The van der Waals surface area contributed by atoms with E-state index >= 15 is 0 Å². The van der Waals surface area contributed by atoms with Gasteiger partial charge in [-0.05, 0) is 61.7 Å². The molecule has 1 aromatic rings. The Bertz CT molecular complexity index is 718. The molecule has 1 atom stereocenters. The summed E-state index contributed by atoms with van der Waals surface area (Å²) in [5.41, 5.74) is -0.621. The quantitative estimate of drug-likeness (QED) is 0.754. The van der Waals surface area contributed by atoms with Crippen molar-refractivity contribution in [3.63, 3.8) is 0 Å². The molecule has 1 unspecified atom stereocenters. The van der Waals surface area contributed by atoms with Gasteiger partial charge in [-0.15, -0.1) is 0 Å². The Hall–Kier alpha value is -2.16. The minimum Gasteiger partial charge on any atom is -0.444 e. The molecule has 1 saturated heterocycles. The van der Waals surface area contributed by atoms with E-state index in [1.807, 2.05) is 0 Å². The Balaban J connectivity index is 1.89. The molecule has 28 heavy (non-hydrogen) atoms. The number of pyridine rings is 1. The molecule has 0 spiro atoms. The Labute approximate surface area is 173 Å². The van der Waals surface area contributed by atoms with Crippen molar-refractivity contribution in [3.8, 4) is 0 Å². The smallest absolute Gasteiger partial charge is 0.410 e. The van der Waals surface area contributed by atoms with Crippen LogP contribution in [0.3, 0.4) is 0 Å². The summed E-state index contributed by atoms with van der Waals surface area (Å²) in [4.78, 5) is 44.1. The normalized spacial score (nSPS) is 17.0. The lowest BCUT2D eigenvalue weighted by atomic mass is 9.97. The zero-order valence-corrected chi connectivity index (χ0v) is 18.3. The van der Waals surface area contributed by atoms with E-state index in [0.717, 1.165) is 10.9 Å². The van der Waals surface area contributed by atoms with Crippen molar-refractivity contribution in [2.75, 3.05) is 32.0 Å². The van der Waals surface area contributed by atoms with Crippen molar-refractivity contribution in [1.29, 1.82) is 0 Å². The second-order valence-corrected chi connectivity index (χ2v) is 8.78. The van der Waals surface area contributed by atoms with Crippen molar-refractivity contribution in [1.82, 2.24) is 14.8 Å². The molecule has 0 bridgehead atoms. The van der Waals surface area contributed by atoms with Gasteiger partial charge in [-0.1, -0.05) is 0 Å². The van der Waals surface area contributed by atoms with Crippen LogP contribution >= 0.6 is 15.9 Å². The molecule has 1 N–H and O–H groups in total. The maximum Gasteiger partial charge on any atom is 0.410 e. The van der Waals surface area contributed by atoms with Crippen molar-refractivity contribution < 1.29 is 19.1 Å².